The van der Waals surface area contributed by atoms with Crippen LogP contribution in [0.5, 0.6) is 5.75 Å². The summed E-state index contributed by atoms with van der Waals surface area (Å²) in [5, 5.41) is 17.9. The predicted molar refractivity (Wildman–Crippen MR) is 50.2 cm³/mol. The number of benzene rings is 1. The molecule has 0 heterocycles. The maximum atomic E-state index is 10.6. The first-order valence-electron chi connectivity index (χ1n) is 4.29. The lowest BCUT2D eigenvalue weighted by atomic mass is 10.1. The maximum Gasteiger partial charge on any atom is 0.337 e. The third-order valence-corrected chi connectivity index (χ3v) is 1.75. The maximum absolute atomic E-state index is 10.6. The number of para-hydroxylation sites is 1. The van der Waals surface area contributed by atoms with Gasteiger partial charge in [0.1, 0.15) is 5.75 Å². The lowest BCUT2D eigenvalue weighted by Gasteiger charge is -2.11. The summed E-state index contributed by atoms with van der Waals surface area (Å²) in [4.78, 5) is 10.6. The van der Waals surface area contributed by atoms with E-state index in [9.17, 15) is 9.90 Å². The molecule has 0 unspecified atom stereocenters. The summed E-state index contributed by atoms with van der Waals surface area (Å²) in [6.07, 6.45) is -1.53. The number of carboxylic acids is 1. The lowest BCUT2D eigenvalue weighted by Crippen LogP contribution is -2.12. The number of aliphatic hydroxyl groups excluding tert-OH is 1. The van der Waals surface area contributed by atoms with Crippen LogP contribution in [0, 0.1) is 0 Å². The van der Waals surface area contributed by atoms with Crippen LogP contribution in [-0.4, -0.2) is 22.8 Å². The standard InChI is InChI=1S/C10H12O4/c1-2-14-8-6-4-3-5-7(8)9(11)10(12)13/h3-6,9,11H,2H2,1H3,(H,12,13)/t9-/m0/s1. The van der Waals surface area contributed by atoms with Crippen LogP contribution in [0.3, 0.4) is 0 Å². The Kier molecular flexibility index (Phi) is 3.48. The molecule has 14 heavy (non-hydrogen) atoms. The van der Waals surface area contributed by atoms with Crippen molar-refractivity contribution in [3.63, 3.8) is 0 Å². The zero-order chi connectivity index (χ0) is 10.6. The molecule has 1 atom stereocenters. The molecule has 76 valence electrons. The predicted octanol–water partition coefficient (Wildman–Crippen LogP) is 1.20. The summed E-state index contributed by atoms with van der Waals surface area (Å²) in [6.45, 7) is 2.23. The number of carbonyl (C=O) groups is 1. The first kappa shape index (κ1) is 10.5. The van der Waals surface area contributed by atoms with Gasteiger partial charge < -0.3 is 14.9 Å². The molecule has 0 saturated carbocycles. The fourth-order valence-corrected chi connectivity index (χ4v) is 1.13. The van der Waals surface area contributed by atoms with E-state index < -0.39 is 12.1 Å². The number of aliphatic carboxylic acids is 1. The molecule has 4 nitrogen and oxygen atoms in total. The van der Waals surface area contributed by atoms with Crippen LogP contribution in [0.1, 0.15) is 18.6 Å². The van der Waals surface area contributed by atoms with E-state index in [2.05, 4.69) is 0 Å². The van der Waals surface area contributed by atoms with Crippen LogP contribution >= 0.6 is 0 Å². The van der Waals surface area contributed by atoms with E-state index in [0.717, 1.165) is 0 Å². The van der Waals surface area contributed by atoms with Gasteiger partial charge in [-0.15, -0.1) is 0 Å². The number of aliphatic hydroxyl groups is 1. The number of rotatable bonds is 4. The molecule has 0 saturated heterocycles. The highest BCUT2D eigenvalue weighted by Crippen LogP contribution is 2.24. The highest BCUT2D eigenvalue weighted by molar-refractivity contribution is 5.75. The Morgan fingerprint density at radius 1 is 1.50 bits per heavy atom. The van der Waals surface area contributed by atoms with Gasteiger partial charge in [0, 0.05) is 5.56 Å². The van der Waals surface area contributed by atoms with Crippen molar-refractivity contribution < 1.29 is 19.7 Å². The molecule has 1 aromatic carbocycles. The molecule has 0 spiro atoms. The zero-order valence-electron chi connectivity index (χ0n) is 7.80. The average molecular weight is 196 g/mol. The average Bonchev–Trinajstić information content (AvgIpc) is 2.18. The summed E-state index contributed by atoms with van der Waals surface area (Å²) >= 11 is 0. The molecule has 0 aliphatic heterocycles. The normalized spacial score (nSPS) is 12.1. The Morgan fingerprint density at radius 2 is 2.14 bits per heavy atom. The Morgan fingerprint density at radius 3 is 2.71 bits per heavy atom. The topological polar surface area (TPSA) is 66.8 Å². The van der Waals surface area contributed by atoms with Crippen LogP contribution in [0.2, 0.25) is 0 Å². The van der Waals surface area contributed by atoms with Crippen LogP contribution in [0.4, 0.5) is 0 Å². The van der Waals surface area contributed by atoms with E-state index in [4.69, 9.17) is 9.84 Å². The number of hydrogen-bond donors (Lipinski definition) is 2. The summed E-state index contributed by atoms with van der Waals surface area (Å²) in [5.74, 6) is -0.873. The van der Waals surface area contributed by atoms with Crippen molar-refractivity contribution in [2.45, 2.75) is 13.0 Å². The SMILES string of the molecule is CCOc1ccccc1[C@H](O)C(=O)O. The molecule has 0 aromatic heterocycles. The van der Waals surface area contributed by atoms with E-state index in [1.807, 2.05) is 0 Å². The van der Waals surface area contributed by atoms with Crippen molar-refractivity contribution in [1.29, 1.82) is 0 Å². The summed E-state index contributed by atoms with van der Waals surface area (Å²) in [5.41, 5.74) is 0.279. The molecule has 0 aliphatic carbocycles. The Bertz CT molecular complexity index is 322. The summed E-state index contributed by atoms with van der Waals surface area (Å²) in [7, 11) is 0. The summed E-state index contributed by atoms with van der Waals surface area (Å²) in [6, 6.07) is 6.54. The summed E-state index contributed by atoms with van der Waals surface area (Å²) < 4.78 is 5.18. The molecule has 1 aromatic rings. The highest BCUT2D eigenvalue weighted by Gasteiger charge is 2.19. The zero-order valence-corrected chi connectivity index (χ0v) is 7.80. The van der Waals surface area contributed by atoms with Crippen LogP contribution in [-0.2, 0) is 4.79 Å². The minimum atomic E-state index is -1.53. The van der Waals surface area contributed by atoms with Gasteiger partial charge in [0.15, 0.2) is 6.10 Å². The van der Waals surface area contributed by atoms with Gasteiger partial charge >= 0.3 is 5.97 Å². The molecular formula is C10H12O4. The number of carboxylic acid groups (broad SMARTS) is 1. The van der Waals surface area contributed by atoms with E-state index >= 15 is 0 Å². The quantitative estimate of drug-likeness (QED) is 0.759. The molecule has 0 fully saturated rings. The third kappa shape index (κ3) is 2.23. The van der Waals surface area contributed by atoms with E-state index in [0.29, 0.717) is 12.4 Å². The van der Waals surface area contributed by atoms with E-state index in [-0.39, 0.29) is 5.56 Å². The van der Waals surface area contributed by atoms with Gasteiger partial charge in [-0.25, -0.2) is 4.79 Å². The minimum Gasteiger partial charge on any atom is -0.493 e. The molecule has 0 aliphatic rings. The van der Waals surface area contributed by atoms with Crippen molar-refractivity contribution in [3.8, 4) is 5.75 Å². The van der Waals surface area contributed by atoms with Gasteiger partial charge in [0.2, 0.25) is 0 Å². The second kappa shape index (κ2) is 4.62. The molecule has 2 N–H and O–H groups in total. The lowest BCUT2D eigenvalue weighted by molar-refractivity contribution is -0.147. The van der Waals surface area contributed by atoms with Crippen LogP contribution in [0.15, 0.2) is 24.3 Å². The fraction of sp³-hybridized carbons (Fsp3) is 0.300. The molecule has 4 heteroatoms. The van der Waals surface area contributed by atoms with Gasteiger partial charge in [-0.1, -0.05) is 18.2 Å². The molecular weight excluding hydrogens is 184 g/mol. The van der Waals surface area contributed by atoms with Crippen LogP contribution in [0.25, 0.3) is 0 Å². The van der Waals surface area contributed by atoms with Crippen molar-refractivity contribution in [1.82, 2.24) is 0 Å². The van der Waals surface area contributed by atoms with Gasteiger partial charge in [0.25, 0.3) is 0 Å². The van der Waals surface area contributed by atoms with Crippen LogP contribution < -0.4 is 4.74 Å². The Labute approximate surface area is 81.8 Å². The van der Waals surface area contributed by atoms with E-state index in [1.54, 1.807) is 25.1 Å². The third-order valence-electron chi connectivity index (χ3n) is 1.75. The number of ether oxygens (including phenoxy) is 1. The highest BCUT2D eigenvalue weighted by atomic mass is 16.5. The molecule has 0 radical (unpaired) electrons. The smallest absolute Gasteiger partial charge is 0.337 e. The van der Waals surface area contributed by atoms with Crippen molar-refractivity contribution in [2.75, 3.05) is 6.61 Å². The number of hydrogen-bond acceptors (Lipinski definition) is 3. The van der Waals surface area contributed by atoms with Gasteiger partial charge in [-0.3, -0.25) is 0 Å². The Balaban J connectivity index is 3.00. The second-order valence-corrected chi connectivity index (χ2v) is 2.71. The fourth-order valence-electron chi connectivity index (χ4n) is 1.13. The largest absolute Gasteiger partial charge is 0.493 e. The van der Waals surface area contributed by atoms with Gasteiger partial charge in [-0.2, -0.15) is 0 Å². The van der Waals surface area contributed by atoms with Crippen molar-refractivity contribution >= 4 is 5.97 Å². The van der Waals surface area contributed by atoms with Crippen molar-refractivity contribution in [2.24, 2.45) is 0 Å². The molecule has 0 amide bonds. The second-order valence-electron chi connectivity index (χ2n) is 2.71. The Hall–Kier alpha value is -1.55. The molecule has 0 bridgehead atoms. The van der Waals surface area contributed by atoms with E-state index in [1.165, 1.54) is 6.07 Å². The first-order valence-corrected chi connectivity index (χ1v) is 4.29. The van der Waals surface area contributed by atoms with Gasteiger partial charge in [0.05, 0.1) is 6.61 Å². The molecule has 1 rings (SSSR count). The van der Waals surface area contributed by atoms with Gasteiger partial charge in [-0.05, 0) is 13.0 Å². The van der Waals surface area contributed by atoms with Crippen molar-refractivity contribution in [3.05, 3.63) is 29.8 Å². The first-order chi connectivity index (χ1) is 6.66. The minimum absolute atomic E-state index is 0.279. The monoisotopic (exact) mass is 196 g/mol.